The molecule has 1 fully saturated rings. The number of primary amides is 1. The van der Waals surface area contributed by atoms with Crippen molar-refractivity contribution in [3.8, 4) is 0 Å². The van der Waals surface area contributed by atoms with Crippen molar-refractivity contribution in [2.24, 2.45) is 5.73 Å². The highest BCUT2D eigenvalue weighted by Gasteiger charge is 2.55. The van der Waals surface area contributed by atoms with Gasteiger partial charge in [0.2, 0.25) is 11.4 Å². The Kier molecular flexibility index (Phi) is 5.58. The second kappa shape index (κ2) is 7.32. The predicted octanol–water partition coefficient (Wildman–Crippen LogP) is -0.866. The maximum atomic E-state index is 12.1. The van der Waals surface area contributed by atoms with E-state index >= 15 is 0 Å². The standard InChI is InChI=1S/C16H19N2O6S/c1-11-16(15(17)21,13(19)9-24-11)18-14(20)7-8-25(22,23)10-12-5-3-2-4-6-12/h2-7,11H,8-10H2,1H3,(H2,17,21)(H,18,20). The molecule has 25 heavy (non-hydrogen) atoms. The van der Waals surface area contributed by atoms with Gasteiger partial charge in [-0.25, -0.2) is 8.42 Å². The van der Waals surface area contributed by atoms with Gasteiger partial charge < -0.3 is 15.8 Å². The average molecular weight is 367 g/mol. The molecule has 9 heteroatoms. The summed E-state index contributed by atoms with van der Waals surface area (Å²) in [5.74, 6) is -3.35. The third-order valence-corrected chi connectivity index (χ3v) is 5.42. The lowest BCUT2D eigenvalue weighted by Gasteiger charge is -2.28. The molecular weight excluding hydrogens is 348 g/mol. The van der Waals surface area contributed by atoms with E-state index in [1.807, 2.05) is 0 Å². The fraction of sp³-hybridized carbons (Fsp3) is 0.375. The molecule has 1 aliphatic heterocycles. The molecule has 0 aromatic heterocycles. The topological polar surface area (TPSA) is 133 Å². The number of Topliss-reactive ketones (excluding diaryl/α,β-unsaturated/α-hetero) is 1. The third kappa shape index (κ3) is 4.23. The number of sulfone groups is 1. The zero-order valence-corrected chi connectivity index (χ0v) is 14.4. The van der Waals surface area contributed by atoms with Crippen molar-refractivity contribution in [3.63, 3.8) is 0 Å². The number of ketones is 1. The van der Waals surface area contributed by atoms with Gasteiger partial charge in [-0.3, -0.25) is 14.4 Å². The molecule has 8 nitrogen and oxygen atoms in total. The fourth-order valence-corrected chi connectivity index (χ4v) is 3.80. The molecule has 1 aromatic rings. The van der Waals surface area contributed by atoms with E-state index in [2.05, 4.69) is 5.32 Å². The van der Waals surface area contributed by atoms with Crippen LogP contribution in [0.4, 0.5) is 0 Å². The van der Waals surface area contributed by atoms with Gasteiger partial charge in [0.05, 0.1) is 24.0 Å². The van der Waals surface area contributed by atoms with Gasteiger partial charge in [-0.05, 0) is 12.5 Å². The lowest BCUT2D eigenvalue weighted by molar-refractivity contribution is -0.138. The second-order valence-electron chi connectivity index (χ2n) is 5.78. The Morgan fingerprint density at radius 2 is 2.00 bits per heavy atom. The minimum absolute atomic E-state index is 0.225. The van der Waals surface area contributed by atoms with Crippen LogP contribution in [0.5, 0.6) is 0 Å². The fourth-order valence-electron chi connectivity index (χ4n) is 2.57. The van der Waals surface area contributed by atoms with Gasteiger partial charge in [0.15, 0.2) is 15.6 Å². The van der Waals surface area contributed by atoms with Crippen molar-refractivity contribution in [1.29, 1.82) is 0 Å². The Balaban J connectivity index is 2.00. The van der Waals surface area contributed by atoms with Crippen molar-refractivity contribution in [2.45, 2.75) is 24.3 Å². The summed E-state index contributed by atoms with van der Waals surface area (Å²) in [7, 11) is -3.58. The van der Waals surface area contributed by atoms with E-state index < -0.39 is 44.8 Å². The quantitative estimate of drug-likeness (QED) is 0.602. The van der Waals surface area contributed by atoms with Crippen LogP contribution in [0.2, 0.25) is 0 Å². The van der Waals surface area contributed by atoms with E-state index in [9.17, 15) is 22.8 Å². The Bertz CT molecular complexity index is 777. The van der Waals surface area contributed by atoms with Crippen LogP contribution in [-0.4, -0.2) is 50.0 Å². The molecule has 2 rings (SSSR count). The second-order valence-corrected chi connectivity index (χ2v) is 7.89. The first-order valence-electron chi connectivity index (χ1n) is 7.52. The summed E-state index contributed by atoms with van der Waals surface area (Å²) in [6.45, 7) is 1.08. The lowest BCUT2D eigenvalue weighted by Crippen LogP contribution is -2.65. The smallest absolute Gasteiger partial charge is 0.253 e. The molecule has 1 aliphatic rings. The van der Waals surface area contributed by atoms with Crippen molar-refractivity contribution < 1.29 is 27.5 Å². The normalized spacial score (nSPS) is 23.4. The molecule has 135 valence electrons. The van der Waals surface area contributed by atoms with Crippen molar-refractivity contribution >= 4 is 27.4 Å². The lowest BCUT2D eigenvalue weighted by atomic mass is 9.89. The van der Waals surface area contributed by atoms with E-state index in [-0.39, 0.29) is 12.4 Å². The van der Waals surface area contributed by atoms with Crippen LogP contribution in [0.3, 0.4) is 0 Å². The molecule has 1 saturated heterocycles. The number of rotatable bonds is 7. The molecule has 3 N–H and O–H groups in total. The number of benzene rings is 1. The molecule has 0 bridgehead atoms. The van der Waals surface area contributed by atoms with Gasteiger partial charge in [-0.1, -0.05) is 30.3 Å². The van der Waals surface area contributed by atoms with Gasteiger partial charge in [0, 0.05) is 0 Å². The van der Waals surface area contributed by atoms with Gasteiger partial charge in [0.1, 0.15) is 6.61 Å². The van der Waals surface area contributed by atoms with Crippen molar-refractivity contribution in [2.75, 3.05) is 12.4 Å². The molecular formula is C16H19N2O6S. The SMILES string of the molecule is CC1OCC(=O)C1(NC(=O)[CH]CS(=O)(=O)Cc1ccccc1)C(N)=O. The molecule has 1 radical (unpaired) electrons. The van der Waals surface area contributed by atoms with Crippen molar-refractivity contribution in [3.05, 3.63) is 42.3 Å². The Hall–Kier alpha value is -2.26. The van der Waals surface area contributed by atoms with Crippen LogP contribution in [0.1, 0.15) is 12.5 Å². The monoisotopic (exact) mass is 367 g/mol. The van der Waals surface area contributed by atoms with Gasteiger partial charge in [-0.2, -0.15) is 0 Å². The van der Waals surface area contributed by atoms with Crippen LogP contribution in [0.15, 0.2) is 30.3 Å². The zero-order chi connectivity index (χ0) is 18.7. The Morgan fingerprint density at radius 3 is 2.52 bits per heavy atom. The number of nitrogens with two attached hydrogens (primary N) is 1. The summed E-state index contributed by atoms with van der Waals surface area (Å²) in [6, 6.07) is 8.52. The van der Waals surface area contributed by atoms with Gasteiger partial charge >= 0.3 is 0 Å². The van der Waals surface area contributed by atoms with Gasteiger partial charge in [0.25, 0.3) is 5.91 Å². The number of hydrogen-bond donors (Lipinski definition) is 2. The third-order valence-electron chi connectivity index (χ3n) is 3.98. The highest BCUT2D eigenvalue weighted by molar-refractivity contribution is 7.90. The van der Waals surface area contributed by atoms with Crippen LogP contribution < -0.4 is 11.1 Å². The summed E-state index contributed by atoms with van der Waals surface area (Å²) >= 11 is 0. The van der Waals surface area contributed by atoms with E-state index in [0.29, 0.717) is 5.56 Å². The molecule has 0 aliphatic carbocycles. The molecule has 2 amide bonds. The summed E-state index contributed by atoms with van der Waals surface area (Å²) in [6.07, 6.45) is -0.0582. The van der Waals surface area contributed by atoms with Crippen LogP contribution in [-0.2, 0) is 34.7 Å². The number of amides is 2. The predicted molar refractivity (Wildman–Crippen MR) is 88.7 cm³/mol. The average Bonchev–Trinajstić information content (AvgIpc) is 2.83. The molecule has 2 atom stereocenters. The first-order valence-corrected chi connectivity index (χ1v) is 9.34. The summed E-state index contributed by atoms with van der Waals surface area (Å²) in [5.41, 5.74) is 3.88. The maximum Gasteiger partial charge on any atom is 0.253 e. The van der Waals surface area contributed by atoms with Crippen LogP contribution in [0, 0.1) is 6.42 Å². The van der Waals surface area contributed by atoms with Crippen molar-refractivity contribution in [1.82, 2.24) is 5.32 Å². The number of nitrogens with one attached hydrogen (secondary N) is 1. The maximum absolute atomic E-state index is 12.1. The first-order chi connectivity index (χ1) is 11.7. The molecule has 1 aromatic carbocycles. The van der Waals surface area contributed by atoms with Gasteiger partial charge in [-0.15, -0.1) is 0 Å². The first kappa shape index (κ1) is 19.1. The summed E-state index contributed by atoms with van der Waals surface area (Å²) < 4.78 is 29.2. The number of carbonyl (C=O) groups is 3. The minimum Gasteiger partial charge on any atom is -0.367 e. The minimum atomic E-state index is -3.58. The number of carbonyl (C=O) groups excluding carboxylic acids is 3. The summed E-state index contributed by atoms with van der Waals surface area (Å²) in [4.78, 5) is 35.7. The Labute approximate surface area is 145 Å². The molecule has 1 heterocycles. The van der Waals surface area contributed by atoms with E-state index in [1.165, 1.54) is 6.92 Å². The molecule has 2 unspecified atom stereocenters. The van der Waals surface area contributed by atoms with E-state index in [1.54, 1.807) is 30.3 Å². The highest BCUT2D eigenvalue weighted by atomic mass is 32.2. The number of hydrogen-bond acceptors (Lipinski definition) is 6. The molecule has 0 spiro atoms. The zero-order valence-electron chi connectivity index (χ0n) is 13.6. The molecule has 0 saturated carbocycles. The largest absolute Gasteiger partial charge is 0.367 e. The number of ether oxygens (including phenoxy) is 1. The van der Waals surface area contributed by atoms with Crippen LogP contribution >= 0.6 is 0 Å². The highest BCUT2D eigenvalue weighted by Crippen LogP contribution is 2.22. The van der Waals surface area contributed by atoms with Crippen LogP contribution in [0.25, 0.3) is 0 Å². The summed E-state index contributed by atoms with van der Waals surface area (Å²) in [5, 5.41) is 2.22. The Morgan fingerprint density at radius 1 is 1.36 bits per heavy atom. The van der Waals surface area contributed by atoms with E-state index in [4.69, 9.17) is 10.5 Å². The van der Waals surface area contributed by atoms with E-state index in [0.717, 1.165) is 6.42 Å².